The molecule has 0 aliphatic heterocycles. The Morgan fingerprint density at radius 1 is 1.28 bits per heavy atom. The summed E-state index contributed by atoms with van der Waals surface area (Å²) in [5, 5.41) is 5.48. The molecule has 0 aliphatic carbocycles. The first-order valence-electron chi connectivity index (χ1n) is 7.89. The van der Waals surface area contributed by atoms with Gasteiger partial charge in [-0.05, 0) is 54.1 Å². The van der Waals surface area contributed by atoms with Crippen molar-refractivity contribution >= 4 is 44.4 Å². The highest BCUT2D eigenvalue weighted by molar-refractivity contribution is 14.1. The lowest BCUT2D eigenvalue weighted by Gasteiger charge is -2.14. The molecule has 0 fully saturated rings. The molecule has 2 N–H and O–H groups in total. The first-order chi connectivity index (χ1) is 11.6. The molecule has 0 heterocycles. The molecule has 1 aromatic rings. The second-order valence-electron chi connectivity index (χ2n) is 5.81. The van der Waals surface area contributed by atoms with Crippen LogP contribution in [0.2, 0.25) is 0 Å². The maximum atomic E-state index is 12.3. The third kappa shape index (κ3) is 6.23. The van der Waals surface area contributed by atoms with Crippen LogP contribution in [0.5, 0.6) is 0 Å². The van der Waals surface area contributed by atoms with Gasteiger partial charge in [0.25, 0.3) is 5.91 Å². The number of nitrogens with zero attached hydrogens (tertiary/aromatic N) is 1. The van der Waals surface area contributed by atoms with Crippen LogP contribution in [0, 0.1) is 3.57 Å². The molecule has 1 unspecified atom stereocenters. The fourth-order valence-corrected chi connectivity index (χ4v) is 3.39. The zero-order valence-electron chi connectivity index (χ0n) is 14.8. The van der Waals surface area contributed by atoms with E-state index in [4.69, 9.17) is 0 Å². The first-order valence-corrected chi connectivity index (χ1v) is 10.4. The number of nitrogens with one attached hydrogen (secondary N) is 2. The number of sulfonamides is 1. The van der Waals surface area contributed by atoms with Crippen LogP contribution < -0.4 is 10.6 Å². The molecule has 0 saturated carbocycles. The second-order valence-corrected chi connectivity index (χ2v) is 9.13. The Bertz CT molecular complexity index is 735. The number of carbonyl (C=O) groups is 2. The van der Waals surface area contributed by atoms with Crippen molar-refractivity contribution in [3.05, 3.63) is 27.3 Å². The first kappa shape index (κ1) is 21.8. The van der Waals surface area contributed by atoms with Crippen molar-refractivity contribution in [3.8, 4) is 0 Å². The zero-order valence-corrected chi connectivity index (χ0v) is 17.8. The van der Waals surface area contributed by atoms with Gasteiger partial charge in [0.15, 0.2) is 0 Å². The molecule has 1 atom stereocenters. The van der Waals surface area contributed by atoms with Gasteiger partial charge < -0.3 is 10.6 Å². The topological polar surface area (TPSA) is 95.6 Å². The molecule has 25 heavy (non-hydrogen) atoms. The van der Waals surface area contributed by atoms with Crippen molar-refractivity contribution in [1.29, 1.82) is 0 Å². The van der Waals surface area contributed by atoms with Gasteiger partial charge in [-0.2, -0.15) is 0 Å². The molecule has 0 bridgehead atoms. The average Bonchev–Trinajstić information content (AvgIpc) is 2.54. The highest BCUT2D eigenvalue weighted by atomic mass is 127. The molecule has 9 heteroatoms. The third-order valence-electron chi connectivity index (χ3n) is 3.62. The van der Waals surface area contributed by atoms with Crippen LogP contribution in [-0.2, 0) is 14.8 Å². The summed E-state index contributed by atoms with van der Waals surface area (Å²) in [6.07, 6.45) is 1.01. The smallest absolute Gasteiger partial charge is 0.252 e. The fraction of sp³-hybridized carbons (Fsp3) is 0.500. The third-order valence-corrected chi connectivity index (χ3v) is 6.37. The number of hydrogen-bond acceptors (Lipinski definition) is 4. The Balaban J connectivity index is 2.78. The van der Waals surface area contributed by atoms with E-state index in [2.05, 4.69) is 10.6 Å². The SMILES string of the molecule is CCC(C)NC(=O)CCNC(=O)c1cc(S(=O)(=O)N(C)C)ccc1I. The van der Waals surface area contributed by atoms with Gasteiger partial charge in [0.05, 0.1) is 10.5 Å². The molecule has 0 spiro atoms. The number of carbonyl (C=O) groups excluding carboxylic acids is 2. The van der Waals surface area contributed by atoms with Crippen LogP contribution >= 0.6 is 22.6 Å². The Hall–Kier alpha value is -1.20. The summed E-state index contributed by atoms with van der Waals surface area (Å²) in [5.41, 5.74) is 0.269. The molecule has 2 amide bonds. The lowest BCUT2D eigenvalue weighted by Crippen LogP contribution is -2.35. The summed E-state index contributed by atoms with van der Waals surface area (Å²) >= 11 is 1.98. The minimum Gasteiger partial charge on any atom is -0.354 e. The van der Waals surface area contributed by atoms with Gasteiger partial charge in [0.1, 0.15) is 0 Å². The molecule has 0 saturated heterocycles. The molecular formula is C16H24IN3O4S. The molecule has 0 aliphatic rings. The molecule has 1 rings (SSSR count). The lowest BCUT2D eigenvalue weighted by atomic mass is 10.2. The predicted molar refractivity (Wildman–Crippen MR) is 105 cm³/mol. The summed E-state index contributed by atoms with van der Waals surface area (Å²) in [7, 11) is -0.747. The van der Waals surface area contributed by atoms with Gasteiger partial charge >= 0.3 is 0 Å². The number of amides is 2. The van der Waals surface area contributed by atoms with E-state index in [0.29, 0.717) is 3.57 Å². The lowest BCUT2D eigenvalue weighted by molar-refractivity contribution is -0.121. The molecule has 0 aromatic heterocycles. The minimum atomic E-state index is -3.61. The largest absolute Gasteiger partial charge is 0.354 e. The molecule has 1 aromatic carbocycles. The van der Waals surface area contributed by atoms with Gasteiger partial charge in [-0.3, -0.25) is 9.59 Å². The minimum absolute atomic E-state index is 0.0533. The highest BCUT2D eigenvalue weighted by Gasteiger charge is 2.20. The molecular weight excluding hydrogens is 457 g/mol. The van der Waals surface area contributed by atoms with Gasteiger partial charge in [0, 0.05) is 36.7 Å². The van der Waals surface area contributed by atoms with E-state index >= 15 is 0 Å². The van der Waals surface area contributed by atoms with E-state index in [1.165, 1.54) is 26.2 Å². The molecule has 7 nitrogen and oxygen atoms in total. The van der Waals surface area contributed by atoms with E-state index in [0.717, 1.165) is 10.7 Å². The van der Waals surface area contributed by atoms with E-state index < -0.39 is 15.9 Å². The Kier molecular flexibility index (Phi) is 8.29. The maximum absolute atomic E-state index is 12.3. The standard InChI is InChI=1S/C16H24IN3O4S/c1-5-11(2)19-15(21)8-9-18-16(22)13-10-12(6-7-14(13)17)25(23,24)20(3)4/h6-7,10-11H,5,8-9H2,1-4H3,(H,18,22)(H,19,21). The average molecular weight is 481 g/mol. The fourth-order valence-electron chi connectivity index (χ4n) is 1.88. The van der Waals surface area contributed by atoms with Crippen molar-refractivity contribution in [2.45, 2.75) is 37.6 Å². The number of hydrogen-bond donors (Lipinski definition) is 2. The second kappa shape index (κ2) is 9.48. The van der Waals surface area contributed by atoms with Gasteiger partial charge in [-0.25, -0.2) is 12.7 Å². The summed E-state index contributed by atoms with van der Waals surface area (Å²) < 4.78 is 26.1. The summed E-state index contributed by atoms with van der Waals surface area (Å²) in [5.74, 6) is -0.537. The van der Waals surface area contributed by atoms with Crippen LogP contribution in [0.25, 0.3) is 0 Å². The Labute approximate surface area is 162 Å². The van der Waals surface area contributed by atoms with Crippen LogP contribution in [-0.4, -0.2) is 51.2 Å². The quantitative estimate of drug-likeness (QED) is 0.552. The maximum Gasteiger partial charge on any atom is 0.252 e. The Morgan fingerprint density at radius 3 is 2.48 bits per heavy atom. The van der Waals surface area contributed by atoms with Gasteiger partial charge in [0.2, 0.25) is 15.9 Å². The van der Waals surface area contributed by atoms with Crippen molar-refractivity contribution < 1.29 is 18.0 Å². The summed E-state index contributed by atoms with van der Waals surface area (Å²) in [6.45, 7) is 4.07. The van der Waals surface area contributed by atoms with Crippen LogP contribution in [0.4, 0.5) is 0 Å². The van der Waals surface area contributed by atoms with Crippen LogP contribution in [0.15, 0.2) is 23.1 Å². The van der Waals surface area contributed by atoms with Crippen molar-refractivity contribution in [3.63, 3.8) is 0 Å². The number of rotatable bonds is 8. The summed E-state index contributed by atoms with van der Waals surface area (Å²) in [4.78, 5) is 24.1. The van der Waals surface area contributed by atoms with Gasteiger partial charge in [-0.1, -0.05) is 6.92 Å². The van der Waals surface area contributed by atoms with E-state index in [1.54, 1.807) is 6.07 Å². The zero-order chi connectivity index (χ0) is 19.2. The number of halogens is 1. The Morgan fingerprint density at radius 2 is 1.92 bits per heavy atom. The summed E-state index contributed by atoms with van der Waals surface area (Å²) in [6, 6.07) is 4.50. The van der Waals surface area contributed by atoms with E-state index in [1.807, 2.05) is 36.4 Å². The van der Waals surface area contributed by atoms with E-state index in [9.17, 15) is 18.0 Å². The highest BCUT2D eigenvalue weighted by Crippen LogP contribution is 2.20. The molecule has 140 valence electrons. The van der Waals surface area contributed by atoms with E-state index in [-0.39, 0.29) is 35.4 Å². The van der Waals surface area contributed by atoms with Crippen molar-refractivity contribution in [2.75, 3.05) is 20.6 Å². The normalized spacial score (nSPS) is 12.7. The van der Waals surface area contributed by atoms with Crippen LogP contribution in [0.1, 0.15) is 37.0 Å². The van der Waals surface area contributed by atoms with Crippen molar-refractivity contribution in [2.24, 2.45) is 0 Å². The van der Waals surface area contributed by atoms with Crippen molar-refractivity contribution in [1.82, 2.24) is 14.9 Å². The molecule has 0 radical (unpaired) electrons. The van der Waals surface area contributed by atoms with Gasteiger partial charge in [-0.15, -0.1) is 0 Å². The number of benzene rings is 1. The predicted octanol–water partition coefficient (Wildman–Crippen LogP) is 1.58. The monoisotopic (exact) mass is 481 g/mol. The van der Waals surface area contributed by atoms with Crippen LogP contribution in [0.3, 0.4) is 0 Å².